The second kappa shape index (κ2) is 7.37. The number of benzene rings is 1. The van der Waals surface area contributed by atoms with Gasteiger partial charge in [-0.1, -0.05) is 18.5 Å². The van der Waals surface area contributed by atoms with Gasteiger partial charge in [0.25, 0.3) is 0 Å². The van der Waals surface area contributed by atoms with Crippen molar-refractivity contribution < 1.29 is 17.7 Å². The van der Waals surface area contributed by atoms with Gasteiger partial charge in [0.15, 0.2) is 0 Å². The number of nitrogens with one attached hydrogen (secondary N) is 1. The van der Waals surface area contributed by atoms with E-state index in [1.54, 1.807) is 31.4 Å². The number of aromatic nitrogens is 2. The van der Waals surface area contributed by atoms with Gasteiger partial charge in [-0.3, -0.25) is 0 Å². The molecule has 0 aliphatic rings. The first kappa shape index (κ1) is 16.4. The van der Waals surface area contributed by atoms with E-state index in [0.29, 0.717) is 12.2 Å². The fourth-order valence-corrected chi connectivity index (χ4v) is 2.92. The van der Waals surface area contributed by atoms with Gasteiger partial charge >= 0.3 is 0 Å². The largest absolute Gasteiger partial charge is 0.497 e. The third kappa shape index (κ3) is 4.54. The SMILES string of the molecule is CCCCS(=O)(=O)NCc1nc(-c2ccc(OC)cc2)no1. The Morgan fingerprint density at radius 1 is 1.27 bits per heavy atom. The first-order chi connectivity index (χ1) is 10.5. The van der Waals surface area contributed by atoms with Gasteiger partial charge in [0.1, 0.15) is 5.75 Å². The minimum absolute atomic E-state index is 0.00476. The summed E-state index contributed by atoms with van der Waals surface area (Å²) >= 11 is 0. The highest BCUT2D eigenvalue weighted by Gasteiger charge is 2.13. The van der Waals surface area contributed by atoms with Crippen LogP contribution in [0.25, 0.3) is 11.4 Å². The van der Waals surface area contributed by atoms with Crippen molar-refractivity contribution >= 4 is 10.0 Å². The molecule has 0 bridgehead atoms. The molecule has 120 valence electrons. The van der Waals surface area contributed by atoms with Gasteiger partial charge in [-0.25, -0.2) is 13.1 Å². The molecule has 0 aliphatic carbocycles. The average Bonchev–Trinajstić information content (AvgIpc) is 3.00. The number of methoxy groups -OCH3 is 1. The molecule has 0 saturated heterocycles. The molecule has 7 nitrogen and oxygen atoms in total. The molecule has 0 saturated carbocycles. The van der Waals surface area contributed by atoms with Gasteiger partial charge in [0, 0.05) is 5.56 Å². The molecular weight excluding hydrogens is 306 g/mol. The van der Waals surface area contributed by atoms with Gasteiger partial charge in [0.05, 0.1) is 19.4 Å². The van der Waals surface area contributed by atoms with Crippen LogP contribution in [0.3, 0.4) is 0 Å². The molecule has 0 spiro atoms. The Balaban J connectivity index is 1.99. The van der Waals surface area contributed by atoms with E-state index < -0.39 is 10.0 Å². The monoisotopic (exact) mass is 325 g/mol. The molecule has 1 aromatic heterocycles. The van der Waals surface area contributed by atoms with E-state index in [4.69, 9.17) is 9.26 Å². The number of rotatable bonds is 8. The molecule has 8 heteroatoms. The van der Waals surface area contributed by atoms with Gasteiger partial charge in [-0.2, -0.15) is 4.98 Å². The predicted molar refractivity (Wildman–Crippen MR) is 81.8 cm³/mol. The van der Waals surface area contributed by atoms with E-state index in [0.717, 1.165) is 17.7 Å². The summed E-state index contributed by atoms with van der Waals surface area (Å²) in [7, 11) is -1.71. The van der Waals surface area contributed by atoms with Crippen LogP contribution in [0.5, 0.6) is 5.75 Å². The Bertz CT molecular complexity index is 695. The molecular formula is C14H19N3O4S. The van der Waals surface area contributed by atoms with Crippen molar-refractivity contribution in [1.82, 2.24) is 14.9 Å². The minimum atomic E-state index is -3.30. The second-order valence-corrected chi connectivity index (χ2v) is 6.66. The predicted octanol–water partition coefficient (Wildman–Crippen LogP) is 1.96. The van der Waals surface area contributed by atoms with E-state index in [1.807, 2.05) is 6.92 Å². The number of nitrogens with zero attached hydrogens (tertiary/aromatic N) is 2. The fourth-order valence-electron chi connectivity index (χ4n) is 1.76. The Labute approximate surface area is 129 Å². The lowest BCUT2D eigenvalue weighted by atomic mass is 10.2. The lowest BCUT2D eigenvalue weighted by Gasteiger charge is -2.02. The van der Waals surface area contributed by atoms with Crippen LogP contribution in [-0.4, -0.2) is 31.4 Å². The highest BCUT2D eigenvalue weighted by molar-refractivity contribution is 7.89. The summed E-state index contributed by atoms with van der Waals surface area (Å²) in [5.41, 5.74) is 0.768. The van der Waals surface area contributed by atoms with Crippen molar-refractivity contribution in [1.29, 1.82) is 0 Å². The summed E-state index contributed by atoms with van der Waals surface area (Å²) in [6.07, 6.45) is 1.44. The Morgan fingerprint density at radius 3 is 2.64 bits per heavy atom. The van der Waals surface area contributed by atoms with Gasteiger partial charge in [-0.05, 0) is 30.7 Å². The Hall–Kier alpha value is -1.93. The zero-order valence-electron chi connectivity index (χ0n) is 12.6. The number of ether oxygens (including phenoxy) is 1. The van der Waals surface area contributed by atoms with E-state index in [-0.39, 0.29) is 18.2 Å². The van der Waals surface area contributed by atoms with Crippen LogP contribution in [0.2, 0.25) is 0 Å². The highest BCUT2D eigenvalue weighted by atomic mass is 32.2. The Morgan fingerprint density at radius 2 is 2.00 bits per heavy atom. The van der Waals surface area contributed by atoms with Crippen molar-refractivity contribution in [2.45, 2.75) is 26.3 Å². The lowest BCUT2D eigenvalue weighted by molar-refractivity contribution is 0.376. The van der Waals surface area contributed by atoms with Crippen molar-refractivity contribution in [2.75, 3.05) is 12.9 Å². The number of hydrogen-bond donors (Lipinski definition) is 1. The van der Waals surface area contributed by atoms with Crippen LogP contribution in [-0.2, 0) is 16.6 Å². The molecule has 0 atom stereocenters. The third-order valence-electron chi connectivity index (χ3n) is 3.03. The smallest absolute Gasteiger partial charge is 0.242 e. The van der Waals surface area contributed by atoms with Crippen LogP contribution in [0, 0.1) is 0 Å². The molecule has 0 fully saturated rings. The third-order valence-corrected chi connectivity index (χ3v) is 4.44. The summed E-state index contributed by atoms with van der Waals surface area (Å²) in [6, 6.07) is 7.19. The topological polar surface area (TPSA) is 94.3 Å². The molecule has 22 heavy (non-hydrogen) atoms. The van der Waals surface area contributed by atoms with Crippen molar-refractivity contribution in [3.8, 4) is 17.1 Å². The van der Waals surface area contributed by atoms with Gasteiger partial charge < -0.3 is 9.26 Å². The van der Waals surface area contributed by atoms with E-state index in [2.05, 4.69) is 14.9 Å². The Kier molecular flexibility index (Phi) is 5.51. The normalized spacial score (nSPS) is 11.5. The summed E-state index contributed by atoms with van der Waals surface area (Å²) in [4.78, 5) is 4.17. The van der Waals surface area contributed by atoms with Gasteiger partial charge in [-0.15, -0.1) is 0 Å². The molecule has 0 aliphatic heterocycles. The zero-order chi connectivity index (χ0) is 16.0. The van der Waals surface area contributed by atoms with Crippen LogP contribution in [0.15, 0.2) is 28.8 Å². The van der Waals surface area contributed by atoms with E-state index >= 15 is 0 Å². The molecule has 1 heterocycles. The maximum absolute atomic E-state index is 11.7. The standard InChI is InChI=1S/C14H19N3O4S/c1-3-4-9-22(18,19)15-10-13-16-14(17-21-13)11-5-7-12(20-2)8-6-11/h5-8,15H,3-4,9-10H2,1-2H3. The molecule has 0 amide bonds. The number of sulfonamides is 1. The van der Waals surface area contributed by atoms with Crippen LogP contribution in [0.4, 0.5) is 0 Å². The molecule has 2 aromatic rings. The fraction of sp³-hybridized carbons (Fsp3) is 0.429. The summed E-state index contributed by atoms with van der Waals surface area (Å²) in [5, 5.41) is 3.84. The molecule has 2 rings (SSSR count). The van der Waals surface area contributed by atoms with Crippen molar-refractivity contribution in [3.63, 3.8) is 0 Å². The highest BCUT2D eigenvalue weighted by Crippen LogP contribution is 2.19. The van der Waals surface area contributed by atoms with Gasteiger partial charge in [0.2, 0.25) is 21.7 Å². The summed E-state index contributed by atoms with van der Waals surface area (Å²) in [5.74, 6) is 1.47. The summed E-state index contributed by atoms with van der Waals surface area (Å²) < 4.78 is 36.0. The van der Waals surface area contributed by atoms with Crippen LogP contribution < -0.4 is 9.46 Å². The van der Waals surface area contributed by atoms with Crippen LogP contribution >= 0.6 is 0 Å². The maximum Gasteiger partial charge on any atom is 0.242 e. The quantitative estimate of drug-likeness (QED) is 0.797. The number of unbranched alkanes of at least 4 members (excludes halogenated alkanes) is 1. The lowest BCUT2D eigenvalue weighted by Crippen LogP contribution is -2.26. The zero-order valence-corrected chi connectivity index (χ0v) is 13.4. The first-order valence-corrected chi connectivity index (χ1v) is 8.63. The average molecular weight is 325 g/mol. The molecule has 1 N–H and O–H groups in total. The maximum atomic E-state index is 11.7. The first-order valence-electron chi connectivity index (χ1n) is 6.98. The molecule has 0 unspecified atom stereocenters. The number of hydrogen-bond acceptors (Lipinski definition) is 6. The van der Waals surface area contributed by atoms with E-state index in [9.17, 15) is 8.42 Å². The second-order valence-electron chi connectivity index (χ2n) is 4.73. The summed E-state index contributed by atoms with van der Waals surface area (Å²) in [6.45, 7) is 1.93. The minimum Gasteiger partial charge on any atom is -0.497 e. The van der Waals surface area contributed by atoms with Crippen molar-refractivity contribution in [3.05, 3.63) is 30.2 Å². The molecule has 0 radical (unpaired) electrons. The molecule has 1 aromatic carbocycles. The van der Waals surface area contributed by atoms with E-state index in [1.165, 1.54) is 0 Å². The van der Waals surface area contributed by atoms with Crippen LogP contribution in [0.1, 0.15) is 25.7 Å². The van der Waals surface area contributed by atoms with Crippen molar-refractivity contribution in [2.24, 2.45) is 0 Å².